The van der Waals surface area contributed by atoms with Gasteiger partial charge in [0.15, 0.2) is 11.6 Å². The first-order chi connectivity index (χ1) is 8.97. The molecule has 0 N–H and O–H groups in total. The predicted octanol–water partition coefficient (Wildman–Crippen LogP) is 2.69. The van der Waals surface area contributed by atoms with E-state index in [1.54, 1.807) is 26.0 Å². The molecule has 0 radical (unpaired) electrons. The van der Waals surface area contributed by atoms with Crippen LogP contribution in [-0.4, -0.2) is 19.2 Å². The van der Waals surface area contributed by atoms with Gasteiger partial charge in [0, 0.05) is 0 Å². The average Bonchev–Trinajstić information content (AvgIpc) is 2.35. The highest BCUT2D eigenvalue weighted by molar-refractivity contribution is 5.97. The van der Waals surface area contributed by atoms with Crippen LogP contribution in [0.4, 0.5) is 4.39 Å². The Kier molecular flexibility index (Phi) is 5.07. The van der Waals surface area contributed by atoms with E-state index in [0.717, 1.165) is 0 Å². The van der Waals surface area contributed by atoms with E-state index in [-0.39, 0.29) is 17.4 Å². The summed E-state index contributed by atoms with van der Waals surface area (Å²) in [5, 5.41) is 8.90. The van der Waals surface area contributed by atoms with Crippen LogP contribution in [0.2, 0.25) is 0 Å². The lowest BCUT2D eigenvalue weighted by Crippen LogP contribution is -2.12. The molecule has 0 aromatic heterocycles. The smallest absolute Gasteiger partial charge is 0.349 e. The zero-order valence-electron chi connectivity index (χ0n) is 10.9. The van der Waals surface area contributed by atoms with Crippen molar-refractivity contribution in [2.24, 2.45) is 0 Å². The summed E-state index contributed by atoms with van der Waals surface area (Å²) in [7, 11) is 1.36. The van der Waals surface area contributed by atoms with Crippen molar-refractivity contribution in [1.29, 1.82) is 5.26 Å². The molecule has 19 heavy (non-hydrogen) atoms. The molecule has 0 saturated carbocycles. The average molecular weight is 263 g/mol. The molecule has 4 nitrogen and oxygen atoms in total. The fraction of sp³-hybridized carbons (Fsp3) is 0.286. The zero-order valence-corrected chi connectivity index (χ0v) is 10.9. The molecule has 0 aliphatic carbocycles. The van der Waals surface area contributed by atoms with Crippen molar-refractivity contribution in [3.63, 3.8) is 0 Å². The van der Waals surface area contributed by atoms with E-state index >= 15 is 0 Å². The number of esters is 1. The number of ether oxygens (including phenoxy) is 2. The van der Waals surface area contributed by atoms with Crippen LogP contribution in [0.1, 0.15) is 19.4 Å². The van der Waals surface area contributed by atoms with E-state index < -0.39 is 11.8 Å². The van der Waals surface area contributed by atoms with Crippen molar-refractivity contribution < 1.29 is 18.7 Å². The van der Waals surface area contributed by atoms with Crippen LogP contribution in [0.5, 0.6) is 5.75 Å². The van der Waals surface area contributed by atoms with E-state index in [1.165, 1.54) is 25.3 Å². The van der Waals surface area contributed by atoms with Gasteiger partial charge in [-0.25, -0.2) is 9.18 Å². The molecule has 0 heterocycles. The summed E-state index contributed by atoms with van der Waals surface area (Å²) in [6.07, 6.45) is 0.949. The van der Waals surface area contributed by atoms with Gasteiger partial charge in [-0.2, -0.15) is 5.26 Å². The minimum absolute atomic E-state index is 0.0976. The number of hydrogen-bond donors (Lipinski definition) is 0. The summed E-state index contributed by atoms with van der Waals surface area (Å²) >= 11 is 0. The minimum atomic E-state index is -0.728. The number of hydrogen-bond acceptors (Lipinski definition) is 4. The van der Waals surface area contributed by atoms with E-state index in [0.29, 0.717) is 5.56 Å². The zero-order chi connectivity index (χ0) is 14.4. The number of carbonyl (C=O) groups excluding carboxylic acids is 1. The number of carbonyl (C=O) groups is 1. The Morgan fingerprint density at radius 1 is 1.47 bits per heavy atom. The quantitative estimate of drug-likeness (QED) is 0.476. The molecular formula is C14H14FNO3. The summed E-state index contributed by atoms with van der Waals surface area (Å²) in [5.74, 6) is -1.19. The van der Waals surface area contributed by atoms with Crippen molar-refractivity contribution >= 4 is 12.0 Å². The Morgan fingerprint density at radius 2 is 2.16 bits per heavy atom. The van der Waals surface area contributed by atoms with Crippen molar-refractivity contribution in [1.82, 2.24) is 0 Å². The van der Waals surface area contributed by atoms with Crippen LogP contribution in [0, 0.1) is 17.1 Å². The largest absolute Gasteiger partial charge is 0.494 e. The fourth-order valence-electron chi connectivity index (χ4n) is 1.35. The van der Waals surface area contributed by atoms with E-state index in [4.69, 9.17) is 14.7 Å². The second-order valence-electron chi connectivity index (χ2n) is 4.02. The molecule has 0 saturated heterocycles. The first kappa shape index (κ1) is 14.7. The van der Waals surface area contributed by atoms with Crippen LogP contribution < -0.4 is 4.74 Å². The minimum Gasteiger partial charge on any atom is -0.494 e. The normalized spacial score (nSPS) is 11.1. The summed E-state index contributed by atoms with van der Waals surface area (Å²) in [5.41, 5.74) is 0.203. The Hall–Kier alpha value is -2.35. The maximum Gasteiger partial charge on any atom is 0.349 e. The van der Waals surface area contributed by atoms with E-state index in [9.17, 15) is 9.18 Å². The van der Waals surface area contributed by atoms with Gasteiger partial charge >= 0.3 is 5.97 Å². The molecule has 0 bridgehead atoms. The lowest BCUT2D eigenvalue weighted by molar-refractivity contribution is -0.142. The maximum atomic E-state index is 13.5. The summed E-state index contributed by atoms with van der Waals surface area (Å²) < 4.78 is 23.1. The molecule has 0 fully saturated rings. The number of rotatable bonds is 4. The number of nitriles is 1. The Morgan fingerprint density at radius 3 is 2.63 bits per heavy atom. The SMILES string of the molecule is COc1ccc(/C=C(\C#N)C(=O)OC(C)C)cc1F. The second kappa shape index (κ2) is 6.55. The maximum absolute atomic E-state index is 13.5. The van der Waals surface area contributed by atoms with E-state index in [2.05, 4.69) is 0 Å². The van der Waals surface area contributed by atoms with Crippen LogP contribution in [0.3, 0.4) is 0 Å². The highest BCUT2D eigenvalue weighted by Gasteiger charge is 2.13. The third-order valence-corrected chi connectivity index (χ3v) is 2.17. The first-order valence-corrected chi connectivity index (χ1v) is 5.64. The predicted molar refractivity (Wildman–Crippen MR) is 67.8 cm³/mol. The molecule has 1 aromatic rings. The molecular weight excluding hydrogens is 249 g/mol. The van der Waals surface area contributed by atoms with Crippen molar-refractivity contribution in [3.05, 3.63) is 35.2 Å². The van der Waals surface area contributed by atoms with Gasteiger partial charge in [0.1, 0.15) is 11.6 Å². The van der Waals surface area contributed by atoms with Gasteiger partial charge in [-0.1, -0.05) is 6.07 Å². The molecule has 0 atom stereocenters. The molecule has 0 aliphatic rings. The van der Waals surface area contributed by atoms with Gasteiger partial charge in [0.25, 0.3) is 0 Å². The van der Waals surface area contributed by atoms with Crippen LogP contribution in [-0.2, 0) is 9.53 Å². The van der Waals surface area contributed by atoms with Crippen LogP contribution in [0.25, 0.3) is 6.08 Å². The van der Waals surface area contributed by atoms with Crippen LogP contribution >= 0.6 is 0 Å². The Bertz CT molecular complexity index is 544. The first-order valence-electron chi connectivity index (χ1n) is 5.64. The fourth-order valence-corrected chi connectivity index (χ4v) is 1.35. The molecule has 100 valence electrons. The summed E-state index contributed by atoms with van der Waals surface area (Å²) in [6.45, 7) is 3.36. The van der Waals surface area contributed by atoms with Gasteiger partial charge < -0.3 is 9.47 Å². The Balaban J connectivity index is 3.02. The summed E-state index contributed by atoms with van der Waals surface area (Å²) in [4.78, 5) is 11.6. The number of benzene rings is 1. The molecule has 0 spiro atoms. The molecule has 0 amide bonds. The van der Waals surface area contributed by atoms with Crippen LogP contribution in [0.15, 0.2) is 23.8 Å². The highest BCUT2D eigenvalue weighted by Crippen LogP contribution is 2.19. The number of nitrogens with zero attached hydrogens (tertiary/aromatic N) is 1. The molecule has 0 unspecified atom stereocenters. The van der Waals surface area contributed by atoms with Crippen molar-refractivity contribution in [3.8, 4) is 11.8 Å². The topological polar surface area (TPSA) is 59.3 Å². The molecule has 1 aromatic carbocycles. The van der Waals surface area contributed by atoms with Gasteiger partial charge in [-0.3, -0.25) is 0 Å². The van der Waals surface area contributed by atoms with Crippen molar-refractivity contribution in [2.75, 3.05) is 7.11 Å². The molecule has 5 heteroatoms. The standard InChI is InChI=1S/C14H14FNO3/c1-9(2)19-14(17)11(8-16)6-10-4-5-13(18-3)12(15)7-10/h4-7,9H,1-3H3/b11-6+. The Labute approximate surface area is 111 Å². The van der Waals surface area contributed by atoms with E-state index in [1.807, 2.05) is 0 Å². The third-order valence-electron chi connectivity index (χ3n) is 2.17. The molecule has 1 rings (SSSR count). The van der Waals surface area contributed by atoms with Gasteiger partial charge in [-0.15, -0.1) is 0 Å². The van der Waals surface area contributed by atoms with Gasteiger partial charge in [0.05, 0.1) is 13.2 Å². The second-order valence-corrected chi connectivity index (χ2v) is 4.02. The van der Waals surface area contributed by atoms with Crippen molar-refractivity contribution in [2.45, 2.75) is 20.0 Å². The molecule has 0 aliphatic heterocycles. The van der Waals surface area contributed by atoms with Gasteiger partial charge in [-0.05, 0) is 37.6 Å². The lowest BCUT2D eigenvalue weighted by atomic mass is 10.1. The number of halogens is 1. The number of methoxy groups -OCH3 is 1. The third kappa shape index (κ3) is 4.11. The lowest BCUT2D eigenvalue weighted by Gasteiger charge is -2.07. The monoisotopic (exact) mass is 263 g/mol. The summed E-state index contributed by atoms with van der Waals surface area (Å²) in [6, 6.07) is 5.88. The highest BCUT2D eigenvalue weighted by atomic mass is 19.1. The van der Waals surface area contributed by atoms with Gasteiger partial charge in [0.2, 0.25) is 0 Å².